The van der Waals surface area contributed by atoms with Gasteiger partial charge in [0.15, 0.2) is 0 Å². The van der Waals surface area contributed by atoms with E-state index in [-0.39, 0.29) is 0 Å². The van der Waals surface area contributed by atoms with E-state index in [9.17, 15) is 5.11 Å². The molecule has 1 heterocycles. The molecule has 17 heavy (non-hydrogen) atoms. The number of hydrogen-bond acceptors (Lipinski definition) is 3. The zero-order valence-corrected chi connectivity index (χ0v) is 11.0. The first-order valence-corrected chi connectivity index (χ1v) is 6.77. The molecule has 0 aliphatic heterocycles. The molecule has 1 aromatic heterocycles. The van der Waals surface area contributed by atoms with Crippen molar-refractivity contribution in [2.24, 2.45) is 0 Å². The van der Waals surface area contributed by atoms with Gasteiger partial charge < -0.3 is 5.11 Å². The summed E-state index contributed by atoms with van der Waals surface area (Å²) in [7, 11) is 0. The molecule has 0 bridgehead atoms. The van der Waals surface area contributed by atoms with Crippen LogP contribution >= 0.6 is 11.3 Å². The van der Waals surface area contributed by atoms with E-state index >= 15 is 0 Å². The molecule has 0 radical (unpaired) electrons. The molecule has 90 valence electrons. The van der Waals surface area contributed by atoms with Gasteiger partial charge in [-0.25, -0.2) is 4.98 Å². The van der Waals surface area contributed by atoms with Gasteiger partial charge in [-0.3, -0.25) is 0 Å². The molecule has 2 aromatic rings. The largest absolute Gasteiger partial charge is 0.381 e. The molecule has 1 N–H and O–H groups in total. The predicted octanol–water partition coefficient (Wildman–Crippen LogP) is 3.49. The first-order valence-electron chi connectivity index (χ1n) is 5.89. The minimum Gasteiger partial charge on any atom is -0.381 e. The topological polar surface area (TPSA) is 33.1 Å². The molecular formula is C14H17NOS. The predicted molar refractivity (Wildman–Crippen MR) is 71.3 cm³/mol. The minimum atomic E-state index is -0.593. The lowest BCUT2D eigenvalue weighted by Gasteiger charge is -2.08. The number of rotatable bonds is 4. The normalized spacial score (nSPS) is 12.6. The second-order valence-corrected chi connectivity index (χ2v) is 5.11. The van der Waals surface area contributed by atoms with E-state index in [0.717, 1.165) is 29.1 Å². The summed E-state index contributed by atoms with van der Waals surface area (Å²) in [5.41, 5.74) is 3.20. The Hall–Kier alpha value is -1.19. The highest BCUT2D eigenvalue weighted by Gasteiger charge is 2.13. The van der Waals surface area contributed by atoms with E-state index in [1.54, 1.807) is 0 Å². The summed E-state index contributed by atoms with van der Waals surface area (Å²) in [6.07, 6.45) is 1.64. The summed E-state index contributed by atoms with van der Waals surface area (Å²) in [4.78, 5) is 4.31. The van der Waals surface area contributed by atoms with Crippen LogP contribution in [0.3, 0.4) is 0 Å². The molecule has 2 rings (SSSR count). The van der Waals surface area contributed by atoms with Gasteiger partial charge >= 0.3 is 0 Å². The number of thiazole rings is 1. The second-order valence-electron chi connectivity index (χ2n) is 4.22. The summed E-state index contributed by atoms with van der Waals surface area (Å²) in [6, 6.07) is 8.16. The SMILES string of the molecule is CCCc1ccc(C(O)c2nc(C)cs2)cc1. The van der Waals surface area contributed by atoms with Crippen LogP contribution in [0.15, 0.2) is 29.6 Å². The maximum atomic E-state index is 10.2. The van der Waals surface area contributed by atoms with Crippen LogP contribution in [0, 0.1) is 6.92 Å². The Labute approximate surface area is 106 Å². The van der Waals surface area contributed by atoms with E-state index in [1.165, 1.54) is 16.9 Å². The molecule has 0 saturated carbocycles. The number of aliphatic hydroxyl groups excluding tert-OH is 1. The standard InChI is InChI=1S/C14H17NOS/c1-3-4-11-5-7-12(8-6-11)13(16)14-15-10(2)9-17-14/h5-9,13,16H,3-4H2,1-2H3. The fourth-order valence-electron chi connectivity index (χ4n) is 1.80. The Kier molecular flexibility index (Phi) is 3.92. The van der Waals surface area contributed by atoms with E-state index in [1.807, 2.05) is 24.4 Å². The fraction of sp³-hybridized carbons (Fsp3) is 0.357. The van der Waals surface area contributed by atoms with Crippen molar-refractivity contribution in [2.75, 3.05) is 0 Å². The third kappa shape index (κ3) is 2.93. The number of aliphatic hydroxyl groups is 1. The molecule has 0 amide bonds. The Bertz CT molecular complexity index is 475. The monoisotopic (exact) mass is 247 g/mol. The van der Waals surface area contributed by atoms with Crippen molar-refractivity contribution in [3.05, 3.63) is 51.5 Å². The molecule has 1 atom stereocenters. The van der Waals surface area contributed by atoms with Gasteiger partial charge in [0.2, 0.25) is 0 Å². The minimum absolute atomic E-state index is 0.593. The van der Waals surface area contributed by atoms with Gasteiger partial charge in [0.25, 0.3) is 0 Å². The Morgan fingerprint density at radius 2 is 2.00 bits per heavy atom. The molecule has 2 nitrogen and oxygen atoms in total. The lowest BCUT2D eigenvalue weighted by molar-refractivity contribution is 0.219. The zero-order valence-electron chi connectivity index (χ0n) is 10.2. The van der Waals surface area contributed by atoms with E-state index < -0.39 is 6.10 Å². The Morgan fingerprint density at radius 3 is 2.53 bits per heavy atom. The molecule has 0 saturated heterocycles. The van der Waals surface area contributed by atoms with Crippen molar-refractivity contribution in [3.63, 3.8) is 0 Å². The maximum absolute atomic E-state index is 10.2. The number of nitrogens with zero attached hydrogens (tertiary/aromatic N) is 1. The highest BCUT2D eigenvalue weighted by atomic mass is 32.1. The smallest absolute Gasteiger partial charge is 0.131 e. The molecule has 1 aromatic carbocycles. The first kappa shape index (κ1) is 12.3. The van der Waals surface area contributed by atoms with Gasteiger partial charge in [0, 0.05) is 11.1 Å². The van der Waals surface area contributed by atoms with E-state index in [2.05, 4.69) is 24.0 Å². The van der Waals surface area contributed by atoms with Gasteiger partial charge in [0.1, 0.15) is 11.1 Å². The Balaban J connectivity index is 2.16. The van der Waals surface area contributed by atoms with Crippen LogP contribution in [-0.4, -0.2) is 10.1 Å². The van der Waals surface area contributed by atoms with Gasteiger partial charge in [-0.1, -0.05) is 37.6 Å². The molecule has 0 aliphatic rings. The summed E-state index contributed by atoms with van der Waals surface area (Å²) in [5, 5.41) is 12.9. The maximum Gasteiger partial charge on any atom is 0.131 e. The van der Waals surface area contributed by atoms with Crippen LogP contribution in [0.2, 0.25) is 0 Å². The van der Waals surface area contributed by atoms with Gasteiger partial charge in [0.05, 0.1) is 0 Å². The lowest BCUT2D eigenvalue weighted by atomic mass is 10.0. The molecule has 1 unspecified atom stereocenters. The van der Waals surface area contributed by atoms with Crippen molar-refractivity contribution in [1.29, 1.82) is 0 Å². The van der Waals surface area contributed by atoms with Gasteiger partial charge in [-0.05, 0) is 24.5 Å². The van der Waals surface area contributed by atoms with Crippen LogP contribution in [0.25, 0.3) is 0 Å². The van der Waals surface area contributed by atoms with Crippen molar-refractivity contribution < 1.29 is 5.11 Å². The average molecular weight is 247 g/mol. The van der Waals surface area contributed by atoms with Crippen molar-refractivity contribution >= 4 is 11.3 Å². The number of aryl methyl sites for hydroxylation is 2. The van der Waals surface area contributed by atoms with Crippen LogP contribution in [0.1, 0.15) is 41.3 Å². The van der Waals surface area contributed by atoms with Crippen LogP contribution in [0.5, 0.6) is 0 Å². The third-order valence-corrected chi connectivity index (χ3v) is 3.72. The second kappa shape index (κ2) is 5.43. The Morgan fingerprint density at radius 1 is 1.29 bits per heavy atom. The summed E-state index contributed by atoms with van der Waals surface area (Å²) >= 11 is 1.51. The van der Waals surface area contributed by atoms with Crippen molar-refractivity contribution in [3.8, 4) is 0 Å². The number of benzene rings is 1. The highest BCUT2D eigenvalue weighted by Crippen LogP contribution is 2.25. The van der Waals surface area contributed by atoms with Crippen LogP contribution in [-0.2, 0) is 6.42 Å². The zero-order chi connectivity index (χ0) is 12.3. The fourth-order valence-corrected chi connectivity index (χ4v) is 2.60. The highest BCUT2D eigenvalue weighted by molar-refractivity contribution is 7.09. The lowest BCUT2D eigenvalue weighted by Crippen LogP contribution is -1.99. The summed E-state index contributed by atoms with van der Waals surface area (Å²) in [6.45, 7) is 4.11. The molecule has 0 aliphatic carbocycles. The van der Waals surface area contributed by atoms with Crippen LogP contribution in [0.4, 0.5) is 0 Å². The molecule has 0 fully saturated rings. The summed E-state index contributed by atoms with van der Waals surface area (Å²) < 4.78 is 0. The number of hydrogen-bond donors (Lipinski definition) is 1. The van der Waals surface area contributed by atoms with Crippen molar-refractivity contribution in [1.82, 2.24) is 4.98 Å². The van der Waals surface area contributed by atoms with Crippen LogP contribution < -0.4 is 0 Å². The quantitative estimate of drug-likeness (QED) is 0.897. The van der Waals surface area contributed by atoms with E-state index in [4.69, 9.17) is 0 Å². The molecule has 3 heteroatoms. The van der Waals surface area contributed by atoms with E-state index in [0.29, 0.717) is 0 Å². The third-order valence-electron chi connectivity index (χ3n) is 2.70. The van der Waals surface area contributed by atoms with Gasteiger partial charge in [-0.2, -0.15) is 0 Å². The average Bonchev–Trinajstić information content (AvgIpc) is 2.76. The van der Waals surface area contributed by atoms with Gasteiger partial charge in [-0.15, -0.1) is 11.3 Å². The first-order chi connectivity index (χ1) is 8.20. The summed E-state index contributed by atoms with van der Waals surface area (Å²) in [5.74, 6) is 0. The van der Waals surface area contributed by atoms with Crippen molar-refractivity contribution in [2.45, 2.75) is 32.8 Å². The molecular weight excluding hydrogens is 230 g/mol. The number of aromatic nitrogens is 1. The molecule has 0 spiro atoms.